The van der Waals surface area contributed by atoms with Gasteiger partial charge < -0.3 is 14.6 Å². The smallest absolute Gasteiger partial charge is 0.270 e. The van der Waals surface area contributed by atoms with Gasteiger partial charge in [0.1, 0.15) is 5.69 Å². The molecule has 0 saturated carbocycles. The van der Waals surface area contributed by atoms with Gasteiger partial charge in [0.15, 0.2) is 0 Å². The predicted molar refractivity (Wildman–Crippen MR) is 69.4 cm³/mol. The Morgan fingerprint density at radius 1 is 1.75 bits per heavy atom. The Balaban J connectivity index is 2.04. The van der Waals surface area contributed by atoms with Gasteiger partial charge in [-0.25, -0.2) is 0 Å². The lowest BCUT2D eigenvalue weighted by Gasteiger charge is -2.32. The van der Waals surface area contributed by atoms with E-state index in [1.54, 1.807) is 0 Å². The van der Waals surface area contributed by atoms with Crippen LogP contribution in [0.1, 0.15) is 23.8 Å². The van der Waals surface area contributed by atoms with Crippen LogP contribution in [0.3, 0.4) is 0 Å². The van der Waals surface area contributed by atoms with Crippen molar-refractivity contribution in [3.8, 4) is 0 Å². The first-order valence-corrected chi connectivity index (χ1v) is 6.53. The fraction of sp³-hybridized carbons (Fsp3) is 0.545. The van der Waals surface area contributed by atoms with Crippen LogP contribution in [0.25, 0.3) is 0 Å². The zero-order valence-electron chi connectivity index (χ0n) is 9.20. The van der Waals surface area contributed by atoms with E-state index >= 15 is 0 Å². The zero-order chi connectivity index (χ0) is 11.5. The van der Waals surface area contributed by atoms with Crippen molar-refractivity contribution in [2.24, 2.45) is 0 Å². The molecule has 2 rings (SSSR count). The third kappa shape index (κ3) is 2.57. The highest BCUT2D eigenvalue weighted by atomic mass is 127. The highest BCUT2D eigenvalue weighted by Crippen LogP contribution is 2.13. The normalized spacial score (nSPS) is 21.1. The topological polar surface area (TPSA) is 45.3 Å². The summed E-state index contributed by atoms with van der Waals surface area (Å²) in [6.07, 6.45) is 2.98. The van der Waals surface area contributed by atoms with Crippen LogP contribution >= 0.6 is 22.6 Å². The van der Waals surface area contributed by atoms with Crippen molar-refractivity contribution in [3.05, 3.63) is 21.5 Å². The minimum absolute atomic E-state index is 0.0738. The van der Waals surface area contributed by atoms with E-state index in [1.165, 1.54) is 0 Å². The van der Waals surface area contributed by atoms with Gasteiger partial charge in [0.05, 0.1) is 12.7 Å². The second-order valence-corrected chi connectivity index (χ2v) is 5.13. The van der Waals surface area contributed by atoms with Crippen LogP contribution in [0, 0.1) is 3.57 Å². The van der Waals surface area contributed by atoms with Gasteiger partial charge in [-0.1, -0.05) is 6.92 Å². The molecule has 1 aromatic rings. The van der Waals surface area contributed by atoms with E-state index < -0.39 is 0 Å². The van der Waals surface area contributed by atoms with E-state index in [9.17, 15) is 4.79 Å². The van der Waals surface area contributed by atoms with Crippen LogP contribution in [-0.4, -0.2) is 41.6 Å². The summed E-state index contributed by atoms with van der Waals surface area (Å²) in [7, 11) is 0. The van der Waals surface area contributed by atoms with Gasteiger partial charge in [-0.2, -0.15) is 0 Å². The minimum atomic E-state index is 0.0738. The van der Waals surface area contributed by atoms with Crippen molar-refractivity contribution in [1.82, 2.24) is 9.88 Å². The maximum atomic E-state index is 12.1. The molecule has 1 atom stereocenters. The summed E-state index contributed by atoms with van der Waals surface area (Å²) < 4.78 is 6.60. The first-order chi connectivity index (χ1) is 7.70. The van der Waals surface area contributed by atoms with E-state index in [0.29, 0.717) is 25.4 Å². The molecular weight excluding hydrogens is 319 g/mol. The summed E-state index contributed by atoms with van der Waals surface area (Å²) in [5.41, 5.74) is 0.668. The Bertz CT molecular complexity index is 378. The lowest BCUT2D eigenvalue weighted by atomic mass is 10.2. The van der Waals surface area contributed by atoms with Gasteiger partial charge in [0, 0.05) is 22.9 Å². The number of rotatable bonds is 2. The molecular formula is C11H15IN2O2. The number of aromatic amines is 1. The summed E-state index contributed by atoms with van der Waals surface area (Å²) >= 11 is 2.19. The number of nitrogens with zero attached hydrogens (tertiary/aromatic N) is 1. The molecule has 5 heteroatoms. The first kappa shape index (κ1) is 11.9. The molecule has 88 valence electrons. The van der Waals surface area contributed by atoms with Crippen molar-refractivity contribution in [2.45, 2.75) is 19.4 Å². The van der Waals surface area contributed by atoms with Crippen molar-refractivity contribution >= 4 is 28.5 Å². The van der Waals surface area contributed by atoms with Crippen molar-refractivity contribution < 1.29 is 9.53 Å². The Hall–Kier alpha value is -0.560. The molecule has 4 nitrogen and oxygen atoms in total. The summed E-state index contributed by atoms with van der Waals surface area (Å²) in [5.74, 6) is 0.0738. The number of carbonyl (C=O) groups is 1. The standard InChI is InChI=1S/C11H15IN2O2/c1-2-9-7-14(3-4-16-9)11(15)10-5-8(12)6-13-10/h5-6,9,13H,2-4,7H2,1H3. The molecule has 1 fully saturated rings. The van der Waals surface area contributed by atoms with Crippen LogP contribution in [0.4, 0.5) is 0 Å². The number of hydrogen-bond acceptors (Lipinski definition) is 2. The molecule has 1 aliphatic heterocycles. The third-order valence-corrected chi connectivity index (χ3v) is 3.38. The number of carbonyl (C=O) groups excluding carboxylic acids is 1. The number of halogens is 1. The van der Waals surface area contributed by atoms with Gasteiger partial charge in [-0.3, -0.25) is 4.79 Å². The maximum Gasteiger partial charge on any atom is 0.270 e. The number of nitrogens with one attached hydrogen (secondary N) is 1. The fourth-order valence-electron chi connectivity index (χ4n) is 1.81. The maximum absolute atomic E-state index is 12.1. The Morgan fingerprint density at radius 2 is 2.56 bits per heavy atom. The molecule has 16 heavy (non-hydrogen) atoms. The minimum Gasteiger partial charge on any atom is -0.375 e. The van der Waals surface area contributed by atoms with Crippen LogP contribution < -0.4 is 0 Å². The van der Waals surface area contributed by atoms with Crippen molar-refractivity contribution in [2.75, 3.05) is 19.7 Å². The molecule has 0 bridgehead atoms. The average Bonchev–Trinajstić information content (AvgIpc) is 2.75. The fourth-order valence-corrected chi connectivity index (χ4v) is 2.28. The average molecular weight is 334 g/mol. The van der Waals surface area contributed by atoms with E-state index in [0.717, 1.165) is 9.99 Å². The Kier molecular flexibility index (Phi) is 3.86. The van der Waals surface area contributed by atoms with Gasteiger partial charge >= 0.3 is 0 Å². The number of hydrogen-bond donors (Lipinski definition) is 1. The summed E-state index contributed by atoms with van der Waals surface area (Å²) in [4.78, 5) is 17.0. The molecule has 1 unspecified atom stereocenters. The van der Waals surface area contributed by atoms with Gasteiger partial charge in [0.2, 0.25) is 0 Å². The van der Waals surface area contributed by atoms with Gasteiger partial charge in [0.25, 0.3) is 5.91 Å². The van der Waals surface area contributed by atoms with Crippen LogP contribution in [-0.2, 0) is 4.74 Å². The van der Waals surface area contributed by atoms with E-state index in [4.69, 9.17) is 4.74 Å². The quantitative estimate of drug-likeness (QED) is 0.840. The number of H-pyrrole nitrogens is 1. The van der Waals surface area contributed by atoms with Crippen LogP contribution in [0.15, 0.2) is 12.3 Å². The molecule has 0 aliphatic carbocycles. The molecule has 1 aliphatic rings. The van der Waals surface area contributed by atoms with Crippen LogP contribution in [0.2, 0.25) is 0 Å². The van der Waals surface area contributed by atoms with Crippen molar-refractivity contribution in [3.63, 3.8) is 0 Å². The molecule has 1 amide bonds. The molecule has 2 heterocycles. The van der Waals surface area contributed by atoms with Crippen molar-refractivity contribution in [1.29, 1.82) is 0 Å². The second kappa shape index (κ2) is 5.18. The van der Waals surface area contributed by atoms with E-state index in [-0.39, 0.29) is 12.0 Å². The molecule has 0 aromatic carbocycles. The summed E-state index contributed by atoms with van der Waals surface area (Å²) in [6, 6.07) is 1.87. The molecule has 1 saturated heterocycles. The van der Waals surface area contributed by atoms with Gasteiger partial charge in [-0.05, 0) is 35.1 Å². The number of morpholine rings is 1. The monoisotopic (exact) mass is 334 g/mol. The predicted octanol–water partition coefficient (Wildman–Crippen LogP) is 1.87. The lowest BCUT2D eigenvalue weighted by Crippen LogP contribution is -2.45. The van der Waals surface area contributed by atoms with E-state index in [2.05, 4.69) is 34.5 Å². The van der Waals surface area contributed by atoms with E-state index in [1.807, 2.05) is 17.2 Å². The Labute approximate surface area is 108 Å². The highest BCUT2D eigenvalue weighted by molar-refractivity contribution is 14.1. The summed E-state index contributed by atoms with van der Waals surface area (Å²) in [5, 5.41) is 0. The Morgan fingerprint density at radius 3 is 3.19 bits per heavy atom. The number of amides is 1. The second-order valence-electron chi connectivity index (χ2n) is 3.88. The first-order valence-electron chi connectivity index (χ1n) is 5.45. The molecule has 0 radical (unpaired) electrons. The zero-order valence-corrected chi connectivity index (χ0v) is 11.4. The highest BCUT2D eigenvalue weighted by Gasteiger charge is 2.24. The third-order valence-electron chi connectivity index (χ3n) is 2.76. The largest absolute Gasteiger partial charge is 0.375 e. The number of aromatic nitrogens is 1. The summed E-state index contributed by atoms with van der Waals surface area (Å²) in [6.45, 7) is 4.11. The van der Waals surface area contributed by atoms with Gasteiger partial charge in [-0.15, -0.1) is 0 Å². The lowest BCUT2D eigenvalue weighted by molar-refractivity contribution is -0.0227. The number of ether oxygens (including phenoxy) is 1. The van der Waals surface area contributed by atoms with Crippen LogP contribution in [0.5, 0.6) is 0 Å². The molecule has 1 N–H and O–H groups in total. The molecule has 1 aromatic heterocycles. The SMILES string of the molecule is CCC1CN(C(=O)c2cc(I)c[nH]2)CCO1. The molecule has 0 spiro atoms.